The van der Waals surface area contributed by atoms with Gasteiger partial charge in [0.2, 0.25) is 5.91 Å². The molecule has 1 aliphatic heterocycles. The van der Waals surface area contributed by atoms with Crippen LogP contribution < -0.4 is 10.6 Å². The van der Waals surface area contributed by atoms with Gasteiger partial charge < -0.3 is 15.1 Å². The van der Waals surface area contributed by atoms with Crippen LogP contribution >= 0.6 is 0 Å². The molecular formula is C16H21N3O4S. The van der Waals surface area contributed by atoms with E-state index in [4.69, 9.17) is 4.42 Å². The van der Waals surface area contributed by atoms with Crippen LogP contribution in [0.15, 0.2) is 22.6 Å². The van der Waals surface area contributed by atoms with E-state index in [1.807, 2.05) is 6.92 Å². The van der Waals surface area contributed by atoms with Gasteiger partial charge in [-0.25, -0.2) is 13.4 Å². The third-order valence-electron chi connectivity index (χ3n) is 4.53. The van der Waals surface area contributed by atoms with Crippen molar-refractivity contribution in [2.75, 3.05) is 24.7 Å². The first kappa shape index (κ1) is 16.9. The number of piperidine rings is 1. The summed E-state index contributed by atoms with van der Waals surface area (Å²) >= 11 is 0. The summed E-state index contributed by atoms with van der Waals surface area (Å²) in [6.07, 6.45) is 2.35. The average Bonchev–Trinajstić information content (AvgIpc) is 2.96. The Morgan fingerprint density at radius 1 is 1.38 bits per heavy atom. The maximum Gasteiger partial charge on any atom is 0.245 e. The van der Waals surface area contributed by atoms with Crippen molar-refractivity contribution in [2.45, 2.75) is 30.9 Å². The van der Waals surface area contributed by atoms with Crippen molar-refractivity contribution in [3.63, 3.8) is 0 Å². The van der Waals surface area contributed by atoms with Crippen molar-refractivity contribution >= 4 is 32.5 Å². The minimum Gasteiger partial charge on any atom is -0.441 e. The first-order valence-electron chi connectivity index (χ1n) is 7.97. The molecular weight excluding hydrogens is 330 g/mol. The largest absolute Gasteiger partial charge is 0.441 e. The maximum atomic E-state index is 12.8. The molecule has 0 aliphatic carbocycles. The topological polar surface area (TPSA) is 101 Å². The Hall–Kier alpha value is -1.93. The molecule has 1 aromatic heterocycles. The molecule has 0 saturated carbocycles. The van der Waals surface area contributed by atoms with Crippen molar-refractivity contribution in [1.29, 1.82) is 0 Å². The number of sulfone groups is 1. The molecule has 2 heterocycles. The monoisotopic (exact) mass is 351 g/mol. The van der Waals surface area contributed by atoms with Crippen LogP contribution in [0.25, 0.3) is 11.1 Å². The zero-order chi connectivity index (χ0) is 17.4. The lowest BCUT2D eigenvalue weighted by Gasteiger charge is -2.34. The fraction of sp³-hybridized carbons (Fsp3) is 0.500. The van der Waals surface area contributed by atoms with Crippen LogP contribution in [-0.2, 0) is 21.1 Å². The first-order chi connectivity index (χ1) is 11.4. The van der Waals surface area contributed by atoms with Crippen molar-refractivity contribution in [1.82, 2.24) is 10.3 Å². The number of aryl methyl sites for hydroxylation is 1. The molecule has 2 aromatic rings. The summed E-state index contributed by atoms with van der Waals surface area (Å²) in [5.74, 6) is 0.143. The number of anilines is 1. The minimum absolute atomic E-state index is 0.268. The van der Waals surface area contributed by atoms with Gasteiger partial charge in [0, 0.05) is 18.4 Å². The van der Waals surface area contributed by atoms with Crippen molar-refractivity contribution in [3.05, 3.63) is 24.1 Å². The van der Waals surface area contributed by atoms with Crippen LogP contribution in [0.5, 0.6) is 0 Å². The molecule has 130 valence electrons. The highest BCUT2D eigenvalue weighted by Gasteiger charge is 2.48. The Bertz CT molecular complexity index is 867. The predicted octanol–water partition coefficient (Wildman–Crippen LogP) is 1.50. The molecule has 0 bridgehead atoms. The number of benzene rings is 1. The molecule has 1 amide bonds. The molecule has 0 radical (unpaired) electrons. The molecule has 7 nitrogen and oxygen atoms in total. The number of hydrogen-bond donors (Lipinski definition) is 2. The molecule has 2 N–H and O–H groups in total. The predicted molar refractivity (Wildman–Crippen MR) is 91.7 cm³/mol. The maximum absolute atomic E-state index is 12.8. The summed E-state index contributed by atoms with van der Waals surface area (Å²) < 4.78 is 28.7. The Morgan fingerprint density at radius 2 is 2.08 bits per heavy atom. The third-order valence-corrected chi connectivity index (χ3v) is 6.54. The molecule has 0 spiro atoms. The standard InChI is InChI=1S/C16H21N3O4S/c1-3-14-19-12-10-11(4-5-13(12)23-14)18-15(20)16(24(2,21)22)6-8-17-9-7-16/h4-5,10,17H,3,6-9H2,1-2H3,(H,18,20). The molecule has 1 fully saturated rings. The van der Waals surface area contributed by atoms with Crippen LogP contribution in [0.1, 0.15) is 25.7 Å². The second-order valence-electron chi connectivity index (χ2n) is 6.11. The van der Waals surface area contributed by atoms with E-state index < -0.39 is 20.5 Å². The van der Waals surface area contributed by atoms with E-state index in [2.05, 4.69) is 15.6 Å². The lowest BCUT2D eigenvalue weighted by Crippen LogP contribution is -2.55. The number of carbonyl (C=O) groups is 1. The molecule has 0 atom stereocenters. The number of fused-ring (bicyclic) bond motifs is 1. The zero-order valence-electron chi connectivity index (χ0n) is 13.8. The number of rotatable bonds is 4. The van der Waals surface area contributed by atoms with Gasteiger partial charge in [-0.1, -0.05) is 6.92 Å². The summed E-state index contributed by atoms with van der Waals surface area (Å²) in [4.78, 5) is 17.1. The minimum atomic E-state index is -3.54. The second-order valence-corrected chi connectivity index (χ2v) is 8.44. The highest BCUT2D eigenvalue weighted by molar-refractivity contribution is 7.92. The molecule has 24 heavy (non-hydrogen) atoms. The van der Waals surface area contributed by atoms with Crippen molar-refractivity contribution in [3.8, 4) is 0 Å². The molecule has 1 aromatic carbocycles. The summed E-state index contributed by atoms with van der Waals surface area (Å²) in [5.41, 5.74) is 1.80. The lowest BCUT2D eigenvalue weighted by atomic mass is 9.95. The van der Waals surface area contributed by atoms with E-state index >= 15 is 0 Å². The number of carbonyl (C=O) groups excluding carboxylic acids is 1. The number of oxazole rings is 1. The number of amides is 1. The first-order valence-corrected chi connectivity index (χ1v) is 9.86. The quantitative estimate of drug-likeness (QED) is 0.865. The van der Waals surface area contributed by atoms with E-state index in [0.717, 1.165) is 6.26 Å². The summed E-state index contributed by atoms with van der Waals surface area (Å²) in [6.45, 7) is 2.95. The normalized spacial score (nSPS) is 17.8. The fourth-order valence-corrected chi connectivity index (χ4v) is 4.38. The zero-order valence-corrected chi connectivity index (χ0v) is 14.6. The highest BCUT2D eigenvalue weighted by atomic mass is 32.2. The van der Waals surface area contributed by atoms with E-state index in [9.17, 15) is 13.2 Å². The van der Waals surface area contributed by atoms with Crippen LogP contribution in [0.2, 0.25) is 0 Å². The summed E-state index contributed by atoms with van der Waals surface area (Å²) in [7, 11) is -3.54. The molecule has 0 unspecified atom stereocenters. The smallest absolute Gasteiger partial charge is 0.245 e. The Balaban J connectivity index is 1.90. The number of nitrogens with one attached hydrogen (secondary N) is 2. The Kier molecular flexibility index (Phi) is 4.35. The fourth-order valence-electron chi connectivity index (χ4n) is 3.05. The number of aromatic nitrogens is 1. The van der Waals surface area contributed by atoms with E-state index in [1.165, 1.54) is 0 Å². The molecule has 1 saturated heterocycles. The van der Waals surface area contributed by atoms with E-state index in [1.54, 1.807) is 18.2 Å². The van der Waals surface area contributed by atoms with E-state index in [-0.39, 0.29) is 12.8 Å². The van der Waals surface area contributed by atoms with Gasteiger partial charge >= 0.3 is 0 Å². The summed E-state index contributed by atoms with van der Waals surface area (Å²) in [5, 5.41) is 5.85. The Morgan fingerprint density at radius 3 is 2.71 bits per heavy atom. The lowest BCUT2D eigenvalue weighted by molar-refractivity contribution is -0.119. The Labute approximate surface area is 140 Å². The van der Waals surface area contributed by atoms with Gasteiger partial charge in [-0.05, 0) is 44.1 Å². The number of hydrogen-bond acceptors (Lipinski definition) is 6. The van der Waals surface area contributed by atoms with Gasteiger partial charge in [0.1, 0.15) is 5.52 Å². The highest BCUT2D eigenvalue weighted by Crippen LogP contribution is 2.30. The SMILES string of the molecule is CCc1nc2cc(NC(=O)C3(S(C)(=O)=O)CCNCC3)ccc2o1. The van der Waals surface area contributed by atoms with Gasteiger partial charge in [0.05, 0.1) is 0 Å². The van der Waals surface area contributed by atoms with Crippen molar-refractivity contribution in [2.24, 2.45) is 0 Å². The molecule has 8 heteroatoms. The number of nitrogens with zero attached hydrogens (tertiary/aromatic N) is 1. The van der Waals surface area contributed by atoms with Gasteiger partial charge in [-0.3, -0.25) is 4.79 Å². The van der Waals surface area contributed by atoms with E-state index in [0.29, 0.717) is 42.2 Å². The molecule has 3 rings (SSSR count). The summed E-state index contributed by atoms with van der Waals surface area (Å²) in [6, 6.07) is 5.13. The van der Waals surface area contributed by atoms with Gasteiger partial charge in [0.15, 0.2) is 26.1 Å². The van der Waals surface area contributed by atoms with Crippen LogP contribution in [0, 0.1) is 0 Å². The second kappa shape index (κ2) is 6.18. The molecule has 1 aliphatic rings. The van der Waals surface area contributed by atoms with Gasteiger partial charge in [-0.2, -0.15) is 0 Å². The average molecular weight is 351 g/mol. The van der Waals surface area contributed by atoms with Crippen LogP contribution in [-0.4, -0.2) is 43.4 Å². The van der Waals surface area contributed by atoms with Crippen molar-refractivity contribution < 1.29 is 17.6 Å². The van der Waals surface area contributed by atoms with Gasteiger partial charge in [0.25, 0.3) is 0 Å². The third kappa shape index (κ3) is 2.91. The van der Waals surface area contributed by atoms with Gasteiger partial charge in [-0.15, -0.1) is 0 Å². The van der Waals surface area contributed by atoms with Crippen LogP contribution in [0.4, 0.5) is 5.69 Å². The van der Waals surface area contributed by atoms with Crippen LogP contribution in [0.3, 0.4) is 0 Å².